The molecule has 1 N–H and O–H groups in total. The minimum absolute atomic E-state index is 0.0208. The first-order chi connectivity index (χ1) is 4.76. The lowest BCUT2D eigenvalue weighted by Gasteiger charge is -2.17. The second-order valence-corrected chi connectivity index (χ2v) is 1.88. The van der Waals surface area contributed by atoms with Crippen molar-refractivity contribution in [2.45, 2.75) is 20.8 Å². The molecule has 1 radical (unpaired) electrons. The largest absolute Gasteiger partial charge is 0.338 e. The van der Waals surface area contributed by atoms with Crippen LogP contribution in [0.4, 0.5) is 4.79 Å². The van der Waals surface area contributed by atoms with Gasteiger partial charge in [-0.05, 0) is 20.8 Å². The van der Waals surface area contributed by atoms with Gasteiger partial charge in [-0.2, -0.15) is 0 Å². The Morgan fingerprint density at radius 1 is 1.60 bits per heavy atom. The minimum Gasteiger partial charge on any atom is -0.338 e. The Kier molecular flexibility index (Phi) is 4.72. The van der Waals surface area contributed by atoms with Gasteiger partial charge >= 0.3 is 6.03 Å². The molecule has 59 valence electrons. The third-order valence-electron chi connectivity index (χ3n) is 1.24. The molecule has 0 aliphatic rings. The van der Waals surface area contributed by atoms with Crippen LogP contribution in [-0.2, 0) is 0 Å². The molecule has 0 unspecified atom stereocenters. The van der Waals surface area contributed by atoms with Gasteiger partial charge in [-0.1, -0.05) is 0 Å². The molecule has 0 aliphatic heterocycles. The van der Waals surface area contributed by atoms with E-state index < -0.39 is 0 Å². The Morgan fingerprint density at radius 3 is 2.50 bits per heavy atom. The number of hydrogen-bond donors (Lipinski definition) is 1. The summed E-state index contributed by atoms with van der Waals surface area (Å²) in [5.74, 6) is 0. The Morgan fingerprint density at radius 2 is 2.20 bits per heavy atom. The van der Waals surface area contributed by atoms with E-state index in [1.165, 1.54) is 0 Å². The maximum atomic E-state index is 11.0. The van der Waals surface area contributed by atoms with Crippen LogP contribution < -0.4 is 5.32 Å². The first-order valence-corrected chi connectivity index (χ1v) is 3.60. The molecule has 0 heterocycles. The predicted octanol–water partition coefficient (Wildman–Crippen LogP) is 1.22. The predicted molar refractivity (Wildman–Crippen MR) is 41.4 cm³/mol. The summed E-state index contributed by atoms with van der Waals surface area (Å²) < 4.78 is 0. The standard InChI is InChI=1S/C7H15N2O/c1-4-8-7(10)9(5-2)6-3/h5H,4,6H2,1-3H3,(H,8,10). The summed E-state index contributed by atoms with van der Waals surface area (Å²) >= 11 is 0. The molecule has 0 aromatic heterocycles. The first-order valence-electron chi connectivity index (χ1n) is 3.60. The maximum absolute atomic E-state index is 11.0. The number of nitrogens with zero attached hydrogens (tertiary/aromatic N) is 1. The fourth-order valence-corrected chi connectivity index (χ4v) is 0.696. The summed E-state index contributed by atoms with van der Waals surface area (Å²) in [5.41, 5.74) is 0. The molecular formula is C7H15N2O. The van der Waals surface area contributed by atoms with Crippen molar-refractivity contribution >= 4 is 6.03 Å². The van der Waals surface area contributed by atoms with E-state index in [0.29, 0.717) is 6.54 Å². The van der Waals surface area contributed by atoms with Gasteiger partial charge in [0.2, 0.25) is 0 Å². The number of carbonyl (C=O) groups excluding carboxylic acids is 1. The molecule has 0 aromatic rings. The molecule has 3 nitrogen and oxygen atoms in total. The van der Waals surface area contributed by atoms with Gasteiger partial charge in [0.05, 0.1) is 6.54 Å². The van der Waals surface area contributed by atoms with Crippen molar-refractivity contribution in [1.82, 2.24) is 10.2 Å². The lowest BCUT2D eigenvalue weighted by molar-refractivity contribution is 0.212. The van der Waals surface area contributed by atoms with E-state index in [9.17, 15) is 4.79 Å². The lowest BCUT2D eigenvalue weighted by atomic mass is 10.5. The Balaban J connectivity index is 3.65. The van der Waals surface area contributed by atoms with E-state index in [2.05, 4.69) is 5.32 Å². The minimum atomic E-state index is -0.0208. The van der Waals surface area contributed by atoms with Gasteiger partial charge in [-0.3, -0.25) is 0 Å². The van der Waals surface area contributed by atoms with Crippen molar-refractivity contribution in [2.24, 2.45) is 0 Å². The summed E-state index contributed by atoms with van der Waals surface area (Å²) in [7, 11) is 0. The van der Waals surface area contributed by atoms with Gasteiger partial charge in [0, 0.05) is 13.1 Å². The number of rotatable bonds is 3. The first kappa shape index (κ1) is 9.27. The summed E-state index contributed by atoms with van der Waals surface area (Å²) in [4.78, 5) is 12.6. The van der Waals surface area contributed by atoms with Gasteiger partial charge in [-0.15, -0.1) is 0 Å². The van der Waals surface area contributed by atoms with Crippen LogP contribution in [0.2, 0.25) is 0 Å². The van der Waals surface area contributed by atoms with Crippen LogP contribution in [0.15, 0.2) is 0 Å². The third kappa shape index (κ3) is 2.71. The van der Waals surface area contributed by atoms with Crippen LogP contribution in [-0.4, -0.2) is 24.0 Å². The van der Waals surface area contributed by atoms with Crippen molar-refractivity contribution in [3.63, 3.8) is 0 Å². The van der Waals surface area contributed by atoms with Crippen LogP contribution >= 0.6 is 0 Å². The van der Waals surface area contributed by atoms with E-state index in [0.717, 1.165) is 6.54 Å². The topological polar surface area (TPSA) is 32.3 Å². The Bertz CT molecular complexity index is 99.8. The van der Waals surface area contributed by atoms with Crippen molar-refractivity contribution < 1.29 is 4.79 Å². The highest BCUT2D eigenvalue weighted by molar-refractivity contribution is 5.74. The van der Waals surface area contributed by atoms with E-state index in [-0.39, 0.29) is 6.03 Å². The SMILES string of the molecule is C[CH]N(CC)C(=O)NCC. The van der Waals surface area contributed by atoms with Crippen molar-refractivity contribution in [1.29, 1.82) is 0 Å². The van der Waals surface area contributed by atoms with Gasteiger partial charge in [0.25, 0.3) is 0 Å². The lowest BCUT2D eigenvalue weighted by Crippen LogP contribution is -2.37. The number of carbonyl (C=O) groups is 1. The average molecular weight is 143 g/mol. The zero-order valence-corrected chi connectivity index (χ0v) is 6.85. The molecular weight excluding hydrogens is 128 g/mol. The summed E-state index contributed by atoms with van der Waals surface area (Å²) in [5, 5.41) is 2.70. The monoisotopic (exact) mass is 143 g/mol. The molecule has 0 spiro atoms. The van der Waals surface area contributed by atoms with Crippen molar-refractivity contribution in [2.75, 3.05) is 13.1 Å². The second-order valence-electron chi connectivity index (χ2n) is 1.88. The molecule has 0 rings (SSSR count). The summed E-state index contributed by atoms with van der Waals surface area (Å²) in [6, 6.07) is -0.0208. The van der Waals surface area contributed by atoms with E-state index >= 15 is 0 Å². The zero-order chi connectivity index (χ0) is 7.98. The van der Waals surface area contributed by atoms with Gasteiger partial charge < -0.3 is 10.2 Å². The molecule has 0 atom stereocenters. The molecule has 0 saturated heterocycles. The fraction of sp³-hybridized carbons (Fsp3) is 0.714. The summed E-state index contributed by atoms with van der Waals surface area (Å²) in [6.07, 6.45) is 0. The third-order valence-corrected chi connectivity index (χ3v) is 1.24. The quantitative estimate of drug-likeness (QED) is 0.633. The molecule has 0 aromatic carbocycles. The van der Waals surface area contributed by atoms with Crippen LogP contribution in [0.1, 0.15) is 20.8 Å². The van der Waals surface area contributed by atoms with Crippen molar-refractivity contribution in [3.05, 3.63) is 6.54 Å². The van der Waals surface area contributed by atoms with Gasteiger partial charge in [0.15, 0.2) is 0 Å². The maximum Gasteiger partial charge on any atom is 0.317 e. The van der Waals surface area contributed by atoms with Crippen LogP contribution in [0.25, 0.3) is 0 Å². The van der Waals surface area contributed by atoms with Crippen LogP contribution in [0, 0.1) is 6.54 Å². The normalized spacial score (nSPS) is 9.10. The molecule has 0 aliphatic carbocycles. The van der Waals surface area contributed by atoms with Crippen molar-refractivity contribution in [3.8, 4) is 0 Å². The summed E-state index contributed by atoms with van der Waals surface area (Å²) in [6.45, 7) is 8.87. The highest BCUT2D eigenvalue weighted by atomic mass is 16.2. The Labute approximate surface area is 62.4 Å². The fourth-order valence-electron chi connectivity index (χ4n) is 0.696. The molecule has 0 saturated carbocycles. The number of urea groups is 1. The smallest absolute Gasteiger partial charge is 0.317 e. The van der Waals surface area contributed by atoms with Crippen LogP contribution in [0.5, 0.6) is 0 Å². The molecule has 0 fully saturated rings. The molecule has 3 heteroatoms. The van der Waals surface area contributed by atoms with Crippen LogP contribution in [0.3, 0.4) is 0 Å². The number of nitrogens with one attached hydrogen (secondary N) is 1. The van der Waals surface area contributed by atoms with E-state index in [4.69, 9.17) is 0 Å². The number of hydrogen-bond acceptors (Lipinski definition) is 1. The highest BCUT2D eigenvalue weighted by Gasteiger charge is 2.05. The van der Waals surface area contributed by atoms with E-state index in [1.54, 1.807) is 11.4 Å². The van der Waals surface area contributed by atoms with Gasteiger partial charge in [0.1, 0.15) is 0 Å². The molecule has 2 amide bonds. The Hall–Kier alpha value is -0.730. The number of amides is 2. The highest BCUT2D eigenvalue weighted by Crippen LogP contribution is 1.90. The average Bonchev–Trinajstić information content (AvgIpc) is 1.91. The van der Waals surface area contributed by atoms with E-state index in [1.807, 2.05) is 20.8 Å². The zero-order valence-electron chi connectivity index (χ0n) is 6.85. The molecule has 10 heavy (non-hydrogen) atoms. The second kappa shape index (κ2) is 5.09. The molecule has 0 bridgehead atoms. The van der Waals surface area contributed by atoms with Gasteiger partial charge in [-0.25, -0.2) is 4.79 Å².